The van der Waals surface area contributed by atoms with Crippen molar-refractivity contribution in [1.29, 1.82) is 0 Å². The third-order valence-electron chi connectivity index (χ3n) is 3.74. The van der Waals surface area contributed by atoms with Crippen LogP contribution in [0.25, 0.3) is 0 Å². The molecule has 23 heavy (non-hydrogen) atoms. The normalized spacial score (nSPS) is 30.6. The van der Waals surface area contributed by atoms with Gasteiger partial charge < -0.3 is 21.1 Å². The standard InChI is InChI=1S/C16H27N5O2/c1-9-5-6-10(7-12(9)22)19-14-11(13(17)23)8-18-15(20-14)21-16(2,3)4/h8-10,12,22H,5-7H2,1-4H3,(H2,17,23)(H2,18,19,20,21)/i8D,9D. The topological polar surface area (TPSA) is 116 Å². The molecule has 1 amide bonds. The molecular weight excluding hydrogens is 294 g/mol. The highest BCUT2D eigenvalue weighted by Crippen LogP contribution is 2.25. The van der Waals surface area contributed by atoms with Crippen molar-refractivity contribution in [3.63, 3.8) is 0 Å². The molecule has 128 valence electrons. The van der Waals surface area contributed by atoms with Crippen molar-refractivity contribution in [2.45, 2.75) is 64.6 Å². The summed E-state index contributed by atoms with van der Waals surface area (Å²) in [6.07, 6.45) is 0.389. The number of hydrogen-bond acceptors (Lipinski definition) is 5. The first-order valence-corrected chi connectivity index (χ1v) is 7.80. The fraction of sp³-hybridized carbons (Fsp3) is 0.688. The van der Waals surface area contributed by atoms with E-state index in [0.717, 1.165) is 0 Å². The molecule has 5 N–H and O–H groups in total. The van der Waals surface area contributed by atoms with Crippen molar-refractivity contribution in [3.05, 3.63) is 17.2 Å². The van der Waals surface area contributed by atoms with Crippen LogP contribution in [0.4, 0.5) is 5.95 Å². The van der Waals surface area contributed by atoms with Crippen LogP contribution >= 0.6 is 0 Å². The molecule has 1 heterocycles. The van der Waals surface area contributed by atoms with Crippen LogP contribution in [-0.4, -0.2) is 38.7 Å². The predicted octanol–water partition coefficient (Wildman–Crippen LogP) is 1.17. The number of nitrogens with one attached hydrogen (secondary N) is 2. The fourth-order valence-electron chi connectivity index (χ4n) is 2.49. The third-order valence-corrected chi connectivity index (χ3v) is 3.74. The number of aliphatic hydroxyl groups excluding tert-OH is 1. The van der Waals surface area contributed by atoms with Crippen LogP contribution in [0, 0.1) is 5.89 Å². The predicted molar refractivity (Wildman–Crippen MR) is 88.9 cm³/mol. The summed E-state index contributed by atoms with van der Waals surface area (Å²) < 4.78 is 16.1. The molecule has 0 bridgehead atoms. The van der Waals surface area contributed by atoms with E-state index in [4.69, 9.17) is 8.48 Å². The summed E-state index contributed by atoms with van der Waals surface area (Å²) in [6, 6.07) is -0.257. The minimum atomic E-state index is -0.889. The summed E-state index contributed by atoms with van der Waals surface area (Å²) in [5.41, 5.74) is 5.20. The Labute approximate surface area is 139 Å². The van der Waals surface area contributed by atoms with E-state index in [2.05, 4.69) is 20.3 Å². The van der Waals surface area contributed by atoms with Crippen molar-refractivity contribution in [1.82, 2.24) is 9.97 Å². The number of carbonyl (C=O) groups excluding carboxylic acids is 1. The second kappa shape index (κ2) is 6.70. The number of aliphatic hydroxyl groups is 1. The van der Waals surface area contributed by atoms with E-state index >= 15 is 0 Å². The van der Waals surface area contributed by atoms with E-state index in [1.54, 1.807) is 6.92 Å². The minimum Gasteiger partial charge on any atom is -0.393 e. The van der Waals surface area contributed by atoms with Gasteiger partial charge in [-0.1, -0.05) is 6.92 Å². The lowest BCUT2D eigenvalue weighted by Gasteiger charge is -2.28. The molecule has 0 aromatic carbocycles. The molecule has 1 fully saturated rings. The molecule has 1 aliphatic carbocycles. The summed E-state index contributed by atoms with van der Waals surface area (Å²) in [4.78, 5) is 23.2. The van der Waals surface area contributed by atoms with E-state index in [1.165, 1.54) is 0 Å². The summed E-state index contributed by atoms with van der Waals surface area (Å²) in [5.74, 6) is -1.35. The van der Waals surface area contributed by atoms with Crippen molar-refractivity contribution in [2.24, 2.45) is 16.6 Å². The van der Waals surface area contributed by atoms with Gasteiger partial charge in [0.05, 0.1) is 19.1 Å². The Bertz CT molecular complexity index is 724. The zero-order valence-corrected chi connectivity index (χ0v) is 14.1. The Morgan fingerprint density at radius 2 is 2.30 bits per heavy atom. The highest BCUT2D eigenvalue weighted by atomic mass is 16.3. The lowest BCUT2D eigenvalue weighted by molar-refractivity contribution is 0.0704. The summed E-state index contributed by atoms with van der Waals surface area (Å²) in [5, 5.41) is 13.2. The molecule has 2 rings (SSSR count). The van der Waals surface area contributed by atoms with E-state index < -0.39 is 17.9 Å². The van der Waals surface area contributed by atoms with Crippen molar-refractivity contribution >= 4 is 11.9 Å². The maximum absolute atomic E-state index is 11.7. The number of nitrogens with two attached hydrogens (primary N) is 1. The average Bonchev–Trinajstić information content (AvgIpc) is 2.40. The first-order chi connectivity index (χ1) is 11.4. The number of H-pyrrole nitrogens is 1. The molecule has 1 aliphatic rings. The summed E-state index contributed by atoms with van der Waals surface area (Å²) in [7, 11) is 0. The molecule has 7 heteroatoms. The monoisotopic (exact) mass is 323 g/mol. The first kappa shape index (κ1) is 14.7. The van der Waals surface area contributed by atoms with E-state index in [9.17, 15) is 9.90 Å². The minimum absolute atomic E-state index is 0.0758. The molecule has 0 radical (unpaired) electrons. The van der Waals surface area contributed by atoms with Crippen LogP contribution in [0.1, 0.15) is 60.1 Å². The molecule has 0 aliphatic heterocycles. The second-order valence-corrected chi connectivity index (χ2v) is 7.08. The summed E-state index contributed by atoms with van der Waals surface area (Å²) in [6.45, 7) is 7.53. The number of carbonyl (C=O) groups is 1. The lowest BCUT2D eigenvalue weighted by Crippen LogP contribution is -2.34. The van der Waals surface area contributed by atoms with Gasteiger partial charge in [0.25, 0.3) is 5.91 Å². The van der Waals surface area contributed by atoms with Gasteiger partial charge in [0.1, 0.15) is 5.49 Å². The van der Waals surface area contributed by atoms with Gasteiger partial charge in [0, 0.05) is 13.1 Å². The van der Waals surface area contributed by atoms with Crippen LogP contribution in [0.3, 0.4) is 0 Å². The van der Waals surface area contributed by atoms with Gasteiger partial charge in [0.2, 0.25) is 5.95 Å². The molecule has 1 saturated carbocycles. The summed E-state index contributed by atoms with van der Waals surface area (Å²) >= 11 is 0. The van der Waals surface area contributed by atoms with Crippen molar-refractivity contribution < 1.29 is 12.6 Å². The van der Waals surface area contributed by atoms with Crippen LogP contribution in [-0.2, 0) is 0 Å². The second-order valence-electron chi connectivity index (χ2n) is 7.08. The van der Waals surface area contributed by atoms with Gasteiger partial charge in [-0.25, -0.2) is 4.98 Å². The third kappa shape index (κ3) is 4.79. The van der Waals surface area contributed by atoms with Gasteiger partial charge in [-0.15, -0.1) is 0 Å². The van der Waals surface area contributed by atoms with Gasteiger partial charge in [-0.05, 0) is 45.9 Å². The molecule has 7 nitrogen and oxygen atoms in total. The maximum Gasteiger partial charge on any atom is 0.254 e. The molecule has 1 aromatic rings. The Hall–Kier alpha value is -1.89. The highest BCUT2D eigenvalue weighted by Gasteiger charge is 2.26. The average molecular weight is 323 g/mol. The lowest BCUT2D eigenvalue weighted by atomic mass is 9.85. The maximum atomic E-state index is 11.7. The molecule has 3 unspecified atom stereocenters. The Kier molecular flexibility index (Phi) is 4.28. The van der Waals surface area contributed by atoms with Gasteiger partial charge in [-0.2, -0.15) is 0 Å². The number of aromatic amines is 1. The van der Waals surface area contributed by atoms with Crippen LogP contribution in [0.15, 0.2) is 11.2 Å². The Morgan fingerprint density at radius 3 is 2.87 bits per heavy atom. The molecule has 0 spiro atoms. The SMILES string of the molecule is [2H]c1nc(NC(C)(C)C)[nH]c(=NC2CCC([2H])(C)C(O)C2)c1C(N)=O. The zero-order valence-electron chi connectivity index (χ0n) is 16.1. The Morgan fingerprint density at radius 1 is 1.61 bits per heavy atom. The van der Waals surface area contributed by atoms with Gasteiger partial charge in [0.15, 0.2) is 0 Å². The van der Waals surface area contributed by atoms with Gasteiger partial charge >= 0.3 is 0 Å². The fourth-order valence-corrected chi connectivity index (χ4v) is 2.49. The number of primary amides is 1. The van der Waals surface area contributed by atoms with E-state index in [1.807, 2.05) is 20.8 Å². The number of amides is 1. The number of hydrogen-bond donors (Lipinski definition) is 4. The molecule has 1 aromatic heterocycles. The number of nitrogens with zero attached hydrogens (tertiary/aromatic N) is 2. The number of aromatic nitrogens is 2. The van der Waals surface area contributed by atoms with E-state index in [0.29, 0.717) is 25.2 Å². The van der Waals surface area contributed by atoms with Crippen molar-refractivity contribution in [2.75, 3.05) is 5.32 Å². The highest BCUT2D eigenvalue weighted by molar-refractivity contribution is 5.92. The van der Waals surface area contributed by atoms with Crippen LogP contribution < -0.4 is 16.5 Å². The Balaban J connectivity index is 2.45. The zero-order chi connectivity index (χ0) is 19.0. The van der Waals surface area contributed by atoms with Crippen molar-refractivity contribution in [3.8, 4) is 0 Å². The number of anilines is 1. The largest absolute Gasteiger partial charge is 0.393 e. The first-order valence-electron chi connectivity index (χ1n) is 8.80. The smallest absolute Gasteiger partial charge is 0.254 e. The van der Waals surface area contributed by atoms with Gasteiger partial charge in [-0.3, -0.25) is 9.79 Å². The van der Waals surface area contributed by atoms with Crippen LogP contribution in [0.5, 0.6) is 0 Å². The quantitative estimate of drug-likeness (QED) is 0.668. The molecule has 0 saturated heterocycles. The molecule has 3 atom stereocenters. The van der Waals surface area contributed by atoms with E-state index in [-0.39, 0.29) is 28.8 Å². The molecular formula is C16H27N5O2. The van der Waals surface area contributed by atoms with Crippen LogP contribution in [0.2, 0.25) is 0 Å². The number of rotatable bonds is 3.